The van der Waals surface area contributed by atoms with Crippen LogP contribution in [0.25, 0.3) is 0 Å². The van der Waals surface area contributed by atoms with Gasteiger partial charge in [0.15, 0.2) is 0 Å². The summed E-state index contributed by atoms with van der Waals surface area (Å²) in [5.41, 5.74) is -4.20. The highest BCUT2D eigenvalue weighted by molar-refractivity contribution is 5.51. The molecule has 0 nitrogen and oxygen atoms in total. The van der Waals surface area contributed by atoms with Gasteiger partial charge in [-0.3, -0.25) is 0 Å². The van der Waals surface area contributed by atoms with Crippen LogP contribution in [0.4, 0.5) is 26.3 Å². The Morgan fingerprint density at radius 3 is 0.892 bits per heavy atom. The lowest BCUT2D eigenvalue weighted by Crippen LogP contribution is -2.54. The topological polar surface area (TPSA) is 0 Å². The van der Waals surface area contributed by atoms with E-state index in [4.69, 9.17) is 0 Å². The number of hydrogen-bond acceptors (Lipinski definition) is 0. The van der Waals surface area contributed by atoms with Crippen LogP contribution in [0.1, 0.15) is 33.4 Å². The van der Waals surface area contributed by atoms with Crippen LogP contribution < -0.4 is 0 Å². The molecule has 184 valence electrons. The van der Waals surface area contributed by atoms with E-state index in [-0.39, 0.29) is 11.1 Å². The van der Waals surface area contributed by atoms with Gasteiger partial charge in [0.1, 0.15) is 0 Å². The molecule has 0 saturated heterocycles. The molecule has 4 aromatic carbocycles. The van der Waals surface area contributed by atoms with Gasteiger partial charge in [0, 0.05) is 22.3 Å². The summed E-state index contributed by atoms with van der Waals surface area (Å²) in [5.74, 6) is 11.2. The lowest BCUT2D eigenvalue weighted by molar-refractivity contribution is -0.288. The predicted octanol–water partition coefficient (Wildman–Crippen LogP) is 7.90. The molecule has 0 atom stereocenters. The maximum Gasteiger partial charge on any atom is 0.411 e. The highest BCUT2D eigenvalue weighted by atomic mass is 19.4. The number of hydrogen-bond donors (Lipinski definition) is 0. The van der Waals surface area contributed by atoms with Crippen molar-refractivity contribution in [2.45, 2.75) is 17.8 Å². The fourth-order valence-corrected chi connectivity index (χ4v) is 3.92. The van der Waals surface area contributed by atoms with Crippen LogP contribution in [0.3, 0.4) is 0 Å². The maximum atomic E-state index is 14.4. The van der Waals surface area contributed by atoms with Crippen LogP contribution >= 0.6 is 0 Å². The molecular weight excluding hydrogens is 486 g/mol. The van der Waals surface area contributed by atoms with Gasteiger partial charge in [-0.05, 0) is 59.7 Å². The predicted molar refractivity (Wildman–Crippen MR) is 131 cm³/mol. The summed E-state index contributed by atoms with van der Waals surface area (Å²) >= 11 is 0. The van der Waals surface area contributed by atoms with E-state index in [2.05, 4.69) is 23.7 Å². The van der Waals surface area contributed by atoms with Gasteiger partial charge in [0.2, 0.25) is 5.41 Å². The van der Waals surface area contributed by atoms with Crippen LogP contribution in [0.2, 0.25) is 0 Å². The molecule has 0 radical (unpaired) electrons. The first-order chi connectivity index (χ1) is 17.6. The average molecular weight is 504 g/mol. The quantitative estimate of drug-likeness (QED) is 0.192. The SMILES string of the molecule is FC(F)(F)C(c1ccc(C#Cc2ccccc2)cc1)(c1ccc(C#Cc2ccccc2)cc1)C(F)(F)F. The lowest BCUT2D eigenvalue weighted by atomic mass is 9.72. The molecule has 0 aromatic heterocycles. The van der Waals surface area contributed by atoms with Gasteiger partial charge in [-0.1, -0.05) is 84.3 Å². The molecule has 0 aliphatic heterocycles. The standard InChI is InChI=1S/C31H18F6/c32-30(33,34)29(31(35,36)37,27-19-15-25(16-20-27)13-11-23-7-3-1-4-8-23)28-21-17-26(18-22-28)14-12-24-9-5-2-6-10-24/h1-10,15-22H. The Morgan fingerprint density at radius 1 is 0.351 bits per heavy atom. The Hall–Kier alpha value is -4.42. The molecule has 0 heterocycles. The van der Waals surface area contributed by atoms with Crippen molar-refractivity contribution in [3.63, 3.8) is 0 Å². The third kappa shape index (κ3) is 5.39. The van der Waals surface area contributed by atoms with E-state index in [9.17, 15) is 26.3 Å². The fraction of sp³-hybridized carbons (Fsp3) is 0.0968. The fourth-order valence-electron chi connectivity index (χ4n) is 3.92. The highest BCUT2D eigenvalue weighted by Gasteiger charge is 2.72. The van der Waals surface area contributed by atoms with Crippen molar-refractivity contribution in [2.24, 2.45) is 0 Å². The third-order valence-electron chi connectivity index (χ3n) is 5.74. The zero-order valence-corrected chi connectivity index (χ0v) is 19.2. The molecule has 37 heavy (non-hydrogen) atoms. The van der Waals surface area contributed by atoms with Gasteiger partial charge >= 0.3 is 12.4 Å². The summed E-state index contributed by atoms with van der Waals surface area (Å²) in [4.78, 5) is 0. The minimum absolute atomic E-state index is 0.289. The molecule has 0 amide bonds. The molecule has 4 rings (SSSR count). The van der Waals surface area contributed by atoms with Crippen LogP contribution in [-0.4, -0.2) is 12.4 Å². The molecule has 0 aliphatic carbocycles. The molecule has 0 aliphatic rings. The van der Waals surface area contributed by atoms with Crippen LogP contribution in [0.15, 0.2) is 109 Å². The minimum atomic E-state index is -5.67. The van der Waals surface area contributed by atoms with E-state index >= 15 is 0 Å². The largest absolute Gasteiger partial charge is 0.411 e. The van der Waals surface area contributed by atoms with Crippen LogP contribution in [0, 0.1) is 23.7 Å². The number of benzene rings is 4. The Bertz CT molecular complexity index is 1340. The summed E-state index contributed by atoms with van der Waals surface area (Å²) in [6.45, 7) is 0. The second-order valence-electron chi connectivity index (χ2n) is 8.13. The molecule has 0 saturated carbocycles. The molecular formula is C31H18F6. The van der Waals surface area contributed by atoms with Gasteiger partial charge in [-0.2, -0.15) is 26.3 Å². The molecule has 0 unspecified atom stereocenters. The normalized spacial score (nSPS) is 11.6. The van der Waals surface area contributed by atoms with Crippen LogP contribution in [0.5, 0.6) is 0 Å². The van der Waals surface area contributed by atoms with Crippen molar-refractivity contribution in [1.29, 1.82) is 0 Å². The van der Waals surface area contributed by atoms with Gasteiger partial charge in [-0.25, -0.2) is 0 Å². The number of halogens is 6. The van der Waals surface area contributed by atoms with Crippen LogP contribution in [-0.2, 0) is 5.41 Å². The molecule has 0 bridgehead atoms. The minimum Gasteiger partial charge on any atom is -0.169 e. The highest BCUT2D eigenvalue weighted by Crippen LogP contribution is 2.56. The van der Waals surface area contributed by atoms with Gasteiger partial charge in [0.25, 0.3) is 0 Å². The zero-order valence-electron chi connectivity index (χ0n) is 19.2. The van der Waals surface area contributed by atoms with Crippen molar-refractivity contribution >= 4 is 0 Å². The van der Waals surface area contributed by atoms with E-state index in [0.29, 0.717) is 11.1 Å². The van der Waals surface area contributed by atoms with Gasteiger partial charge < -0.3 is 0 Å². The smallest absolute Gasteiger partial charge is 0.169 e. The van der Waals surface area contributed by atoms with Crippen molar-refractivity contribution in [3.05, 3.63) is 143 Å². The summed E-state index contributed by atoms with van der Waals surface area (Å²) in [5, 5.41) is 0. The molecule has 0 spiro atoms. The van der Waals surface area contributed by atoms with Crippen molar-refractivity contribution in [2.75, 3.05) is 0 Å². The van der Waals surface area contributed by atoms with E-state index in [1.807, 2.05) is 0 Å². The van der Waals surface area contributed by atoms with E-state index < -0.39 is 28.9 Å². The number of rotatable bonds is 2. The Morgan fingerprint density at radius 2 is 0.622 bits per heavy atom. The first-order valence-electron chi connectivity index (χ1n) is 11.1. The monoisotopic (exact) mass is 504 g/mol. The lowest BCUT2D eigenvalue weighted by Gasteiger charge is -2.38. The summed E-state index contributed by atoms with van der Waals surface area (Å²) in [7, 11) is 0. The molecule has 0 fully saturated rings. The summed E-state index contributed by atoms with van der Waals surface area (Å²) in [6, 6.07) is 25.6. The maximum absolute atomic E-state index is 14.4. The Labute approximate surface area is 210 Å². The number of alkyl halides is 6. The Kier molecular flexibility index (Phi) is 7.14. The second-order valence-corrected chi connectivity index (χ2v) is 8.13. The van der Waals surface area contributed by atoms with Gasteiger partial charge in [-0.15, -0.1) is 0 Å². The average Bonchev–Trinajstić information content (AvgIpc) is 2.88. The zero-order chi connectivity index (χ0) is 26.5. The van der Waals surface area contributed by atoms with E-state index in [1.54, 1.807) is 60.7 Å². The Balaban J connectivity index is 1.75. The van der Waals surface area contributed by atoms with Crippen molar-refractivity contribution in [1.82, 2.24) is 0 Å². The summed E-state index contributed by atoms with van der Waals surface area (Å²) in [6.07, 6.45) is -11.3. The second kappa shape index (κ2) is 10.3. The first-order valence-corrected chi connectivity index (χ1v) is 11.1. The van der Waals surface area contributed by atoms with E-state index in [1.165, 1.54) is 0 Å². The molecule has 0 N–H and O–H groups in total. The molecule has 6 heteroatoms. The van der Waals surface area contributed by atoms with E-state index in [0.717, 1.165) is 48.5 Å². The van der Waals surface area contributed by atoms with Crippen molar-refractivity contribution < 1.29 is 26.3 Å². The third-order valence-corrected chi connectivity index (χ3v) is 5.74. The molecule has 4 aromatic rings. The first kappa shape index (κ1) is 25.7. The van der Waals surface area contributed by atoms with Crippen molar-refractivity contribution in [3.8, 4) is 23.7 Å². The summed E-state index contributed by atoms with van der Waals surface area (Å²) < 4.78 is 86.4. The van der Waals surface area contributed by atoms with Gasteiger partial charge in [0.05, 0.1) is 0 Å².